The zero-order valence-corrected chi connectivity index (χ0v) is 9.49. The summed E-state index contributed by atoms with van der Waals surface area (Å²) in [5, 5.41) is 11.8. The van der Waals surface area contributed by atoms with Crippen molar-refractivity contribution in [2.45, 2.75) is 13.0 Å². The van der Waals surface area contributed by atoms with Crippen molar-refractivity contribution in [3.8, 4) is 0 Å². The van der Waals surface area contributed by atoms with Crippen molar-refractivity contribution in [1.82, 2.24) is 5.32 Å². The average molecular weight is 242 g/mol. The Hall–Kier alpha value is -1.39. The Morgan fingerprint density at radius 2 is 1.94 bits per heavy atom. The lowest BCUT2D eigenvalue weighted by Crippen LogP contribution is -2.37. The third-order valence-corrected chi connectivity index (χ3v) is 2.36. The fourth-order valence-corrected chi connectivity index (χ4v) is 1.20. The Balaban J connectivity index is 2.53. The number of carboxylic acids is 1. The first kappa shape index (κ1) is 12.7. The zero-order valence-electron chi connectivity index (χ0n) is 8.74. The maximum Gasteiger partial charge on any atom is 0.320 e. The molecule has 1 aromatic rings. The lowest BCUT2D eigenvalue weighted by Gasteiger charge is -2.07. The van der Waals surface area contributed by atoms with Crippen LogP contribution in [0.25, 0.3) is 0 Å². The Bertz CT molecular complexity index is 389. The van der Waals surface area contributed by atoms with Crippen LogP contribution in [-0.2, 0) is 4.79 Å². The van der Waals surface area contributed by atoms with E-state index < -0.39 is 12.0 Å². The van der Waals surface area contributed by atoms with E-state index in [1.807, 2.05) is 0 Å². The molecule has 0 spiro atoms. The molecule has 0 saturated heterocycles. The van der Waals surface area contributed by atoms with Crippen LogP contribution in [0.2, 0.25) is 5.02 Å². The van der Waals surface area contributed by atoms with Gasteiger partial charge in [0.25, 0.3) is 0 Å². The molecule has 0 fully saturated rings. The van der Waals surface area contributed by atoms with Gasteiger partial charge >= 0.3 is 5.97 Å². The lowest BCUT2D eigenvalue weighted by molar-refractivity contribution is -0.138. The Morgan fingerprint density at radius 3 is 2.44 bits per heavy atom. The lowest BCUT2D eigenvalue weighted by atomic mass is 10.1. The van der Waals surface area contributed by atoms with E-state index in [4.69, 9.17) is 16.7 Å². The second kappa shape index (κ2) is 5.63. The number of halogens is 1. The third kappa shape index (κ3) is 3.64. The predicted octanol–water partition coefficient (Wildman–Crippen LogP) is 1.59. The second-order valence-electron chi connectivity index (χ2n) is 3.37. The smallest absolute Gasteiger partial charge is 0.320 e. The number of carbonyl (C=O) groups excluding carboxylic acids is 1. The summed E-state index contributed by atoms with van der Waals surface area (Å²) in [4.78, 5) is 22.1. The van der Waals surface area contributed by atoms with Crippen LogP contribution in [-0.4, -0.2) is 29.4 Å². The van der Waals surface area contributed by atoms with Gasteiger partial charge in [-0.05, 0) is 31.2 Å². The molecule has 4 nitrogen and oxygen atoms in total. The van der Waals surface area contributed by atoms with Crippen molar-refractivity contribution in [2.24, 2.45) is 0 Å². The zero-order chi connectivity index (χ0) is 12.1. The molecule has 1 atom stereocenters. The quantitative estimate of drug-likeness (QED) is 0.769. The molecule has 2 N–H and O–H groups in total. The van der Waals surface area contributed by atoms with Crippen LogP contribution in [0.1, 0.15) is 17.3 Å². The minimum atomic E-state index is -0.982. The van der Waals surface area contributed by atoms with Crippen LogP contribution >= 0.6 is 11.6 Å². The minimum Gasteiger partial charge on any atom is -0.480 e. The topological polar surface area (TPSA) is 66.4 Å². The molecule has 0 saturated carbocycles. The largest absolute Gasteiger partial charge is 0.480 e. The highest BCUT2D eigenvalue weighted by Crippen LogP contribution is 2.09. The van der Waals surface area contributed by atoms with Crippen molar-refractivity contribution in [2.75, 3.05) is 6.54 Å². The Labute approximate surface area is 98.2 Å². The fraction of sp³-hybridized carbons (Fsp3) is 0.273. The van der Waals surface area contributed by atoms with Crippen molar-refractivity contribution < 1.29 is 14.7 Å². The highest BCUT2D eigenvalue weighted by Gasteiger charge is 2.12. The molecule has 0 aliphatic heterocycles. The van der Waals surface area contributed by atoms with Gasteiger partial charge < -0.3 is 5.11 Å². The summed E-state index contributed by atoms with van der Waals surface area (Å²) in [5.41, 5.74) is 0.509. The number of ketones is 1. The van der Waals surface area contributed by atoms with E-state index >= 15 is 0 Å². The fourth-order valence-electron chi connectivity index (χ4n) is 1.07. The first-order valence-corrected chi connectivity index (χ1v) is 5.13. The van der Waals surface area contributed by atoms with Crippen LogP contribution in [0.5, 0.6) is 0 Å². The predicted molar refractivity (Wildman–Crippen MR) is 60.9 cm³/mol. The normalized spacial score (nSPS) is 12.1. The molecule has 0 aliphatic rings. The second-order valence-corrected chi connectivity index (χ2v) is 3.81. The molecule has 0 amide bonds. The molecule has 0 heterocycles. The van der Waals surface area contributed by atoms with E-state index in [-0.39, 0.29) is 12.3 Å². The molecule has 16 heavy (non-hydrogen) atoms. The third-order valence-electron chi connectivity index (χ3n) is 2.11. The first-order chi connectivity index (χ1) is 7.50. The van der Waals surface area contributed by atoms with Gasteiger partial charge in [0.2, 0.25) is 0 Å². The number of rotatable bonds is 5. The van der Waals surface area contributed by atoms with Gasteiger partial charge in [0.05, 0.1) is 6.54 Å². The van der Waals surface area contributed by atoms with Crippen LogP contribution in [0.15, 0.2) is 24.3 Å². The van der Waals surface area contributed by atoms with Crippen LogP contribution in [0, 0.1) is 0 Å². The van der Waals surface area contributed by atoms with Crippen molar-refractivity contribution >= 4 is 23.4 Å². The van der Waals surface area contributed by atoms with Gasteiger partial charge in [-0.1, -0.05) is 11.6 Å². The summed E-state index contributed by atoms with van der Waals surface area (Å²) in [6, 6.07) is 5.72. The van der Waals surface area contributed by atoms with E-state index in [0.717, 1.165) is 0 Å². The number of aliphatic carboxylic acids is 1. The van der Waals surface area contributed by atoms with Crippen molar-refractivity contribution in [3.63, 3.8) is 0 Å². The number of carbonyl (C=O) groups is 2. The maximum atomic E-state index is 11.6. The highest BCUT2D eigenvalue weighted by atomic mass is 35.5. The molecule has 0 aliphatic carbocycles. The molecule has 86 valence electrons. The van der Waals surface area contributed by atoms with Gasteiger partial charge in [-0.3, -0.25) is 14.9 Å². The van der Waals surface area contributed by atoms with Crippen LogP contribution in [0.3, 0.4) is 0 Å². The van der Waals surface area contributed by atoms with Gasteiger partial charge in [-0.2, -0.15) is 0 Å². The molecule has 0 radical (unpaired) electrons. The van der Waals surface area contributed by atoms with Gasteiger partial charge in [-0.15, -0.1) is 0 Å². The summed E-state index contributed by atoms with van der Waals surface area (Å²) in [6.07, 6.45) is 0. The number of hydrogen-bond donors (Lipinski definition) is 2. The first-order valence-electron chi connectivity index (χ1n) is 4.75. The summed E-state index contributed by atoms with van der Waals surface area (Å²) in [6.45, 7) is 1.48. The number of Topliss-reactive ketones (excluding diaryl/α,β-unsaturated/α-hetero) is 1. The Kier molecular flexibility index (Phi) is 4.46. The molecule has 1 unspecified atom stereocenters. The van der Waals surface area contributed by atoms with Gasteiger partial charge in [0.15, 0.2) is 5.78 Å². The summed E-state index contributed by atoms with van der Waals surface area (Å²) >= 11 is 5.68. The molecule has 1 rings (SSSR count). The Morgan fingerprint density at radius 1 is 1.38 bits per heavy atom. The van der Waals surface area contributed by atoms with Crippen LogP contribution in [0.4, 0.5) is 0 Å². The van der Waals surface area contributed by atoms with Crippen LogP contribution < -0.4 is 5.32 Å². The number of nitrogens with one attached hydrogen (secondary N) is 1. The van der Waals surface area contributed by atoms with E-state index in [0.29, 0.717) is 10.6 Å². The number of hydrogen-bond acceptors (Lipinski definition) is 3. The molecule has 0 bridgehead atoms. The van der Waals surface area contributed by atoms with E-state index in [9.17, 15) is 9.59 Å². The molecular weight excluding hydrogens is 230 g/mol. The highest BCUT2D eigenvalue weighted by molar-refractivity contribution is 6.30. The minimum absolute atomic E-state index is 0.00486. The average Bonchev–Trinajstić information content (AvgIpc) is 2.26. The molecular formula is C11H12ClNO3. The van der Waals surface area contributed by atoms with Gasteiger partial charge in [0, 0.05) is 10.6 Å². The number of benzene rings is 1. The monoisotopic (exact) mass is 241 g/mol. The molecule has 5 heteroatoms. The molecule has 0 aromatic heterocycles. The summed E-state index contributed by atoms with van der Waals surface area (Å²) in [7, 11) is 0. The maximum absolute atomic E-state index is 11.6. The summed E-state index contributed by atoms with van der Waals surface area (Å²) < 4.78 is 0. The SMILES string of the molecule is CC(NCC(=O)c1ccc(Cl)cc1)C(=O)O. The van der Waals surface area contributed by atoms with E-state index in [1.165, 1.54) is 6.92 Å². The number of carboxylic acid groups (broad SMARTS) is 1. The standard InChI is InChI=1S/C11H12ClNO3/c1-7(11(15)16)13-6-10(14)8-2-4-9(12)5-3-8/h2-5,7,13H,6H2,1H3,(H,15,16). The molecule has 1 aromatic carbocycles. The summed E-state index contributed by atoms with van der Waals surface area (Å²) in [5.74, 6) is -1.14. The van der Waals surface area contributed by atoms with E-state index in [1.54, 1.807) is 24.3 Å². The van der Waals surface area contributed by atoms with Gasteiger partial charge in [-0.25, -0.2) is 0 Å². The van der Waals surface area contributed by atoms with Gasteiger partial charge in [0.1, 0.15) is 6.04 Å². The van der Waals surface area contributed by atoms with Crippen molar-refractivity contribution in [1.29, 1.82) is 0 Å². The van der Waals surface area contributed by atoms with E-state index in [2.05, 4.69) is 5.32 Å². The van der Waals surface area contributed by atoms with Crippen molar-refractivity contribution in [3.05, 3.63) is 34.9 Å².